The number of carbonyl (C=O) groups excluding carboxylic acids is 1. The molecule has 0 bridgehead atoms. The van der Waals surface area contributed by atoms with Crippen molar-refractivity contribution < 1.29 is 23.7 Å². The fraction of sp³-hybridized carbons (Fsp3) is 0.238. The van der Waals surface area contributed by atoms with Crippen molar-refractivity contribution >= 4 is 33.9 Å². The molecule has 7 heteroatoms. The van der Waals surface area contributed by atoms with Gasteiger partial charge in [-0.3, -0.25) is 0 Å². The standard InChI is InChI=1S/C21H20BrNO5/c1-4-26-18-12-13(10-16(22)19(18)27-5-2)11-17-21(24)28-20(23-17)14-6-8-15(25-3)9-7-14/h6-12H,4-5H2,1-3H3. The zero-order valence-corrected chi connectivity index (χ0v) is 17.4. The van der Waals surface area contributed by atoms with Crippen LogP contribution in [-0.4, -0.2) is 32.2 Å². The molecule has 0 aromatic heterocycles. The van der Waals surface area contributed by atoms with Gasteiger partial charge in [-0.25, -0.2) is 9.79 Å². The van der Waals surface area contributed by atoms with Gasteiger partial charge in [0.05, 0.1) is 24.8 Å². The molecular weight excluding hydrogens is 426 g/mol. The molecule has 1 aliphatic heterocycles. The molecule has 146 valence electrons. The molecule has 0 saturated carbocycles. The number of aliphatic imine (C=N–C) groups is 1. The molecule has 0 saturated heterocycles. The Balaban J connectivity index is 1.93. The SMILES string of the molecule is CCOc1cc(C=C2N=C(c3ccc(OC)cc3)OC2=O)cc(Br)c1OCC. The highest BCUT2D eigenvalue weighted by Crippen LogP contribution is 2.37. The van der Waals surface area contributed by atoms with Crippen LogP contribution in [-0.2, 0) is 9.53 Å². The van der Waals surface area contributed by atoms with E-state index < -0.39 is 5.97 Å². The fourth-order valence-corrected chi connectivity index (χ4v) is 3.22. The number of esters is 1. The Morgan fingerprint density at radius 2 is 1.82 bits per heavy atom. The van der Waals surface area contributed by atoms with E-state index in [4.69, 9.17) is 18.9 Å². The van der Waals surface area contributed by atoms with Gasteiger partial charge in [-0.15, -0.1) is 0 Å². The molecule has 0 N–H and O–H groups in total. The first-order valence-electron chi connectivity index (χ1n) is 8.81. The molecule has 0 spiro atoms. The summed E-state index contributed by atoms with van der Waals surface area (Å²) in [7, 11) is 1.59. The van der Waals surface area contributed by atoms with Crippen molar-refractivity contribution in [1.29, 1.82) is 0 Å². The largest absolute Gasteiger partial charge is 0.497 e. The smallest absolute Gasteiger partial charge is 0.363 e. The van der Waals surface area contributed by atoms with Gasteiger partial charge in [0.2, 0.25) is 5.90 Å². The van der Waals surface area contributed by atoms with Gasteiger partial charge in [-0.2, -0.15) is 0 Å². The second-order valence-corrected chi connectivity index (χ2v) is 6.61. The van der Waals surface area contributed by atoms with Crippen LogP contribution >= 0.6 is 15.9 Å². The number of benzene rings is 2. The van der Waals surface area contributed by atoms with E-state index in [9.17, 15) is 4.79 Å². The van der Waals surface area contributed by atoms with E-state index in [0.29, 0.717) is 36.0 Å². The molecule has 3 rings (SSSR count). The van der Waals surface area contributed by atoms with Crippen LogP contribution in [0.1, 0.15) is 25.0 Å². The van der Waals surface area contributed by atoms with E-state index in [2.05, 4.69) is 20.9 Å². The number of cyclic esters (lactones) is 1. The highest BCUT2D eigenvalue weighted by atomic mass is 79.9. The van der Waals surface area contributed by atoms with Crippen molar-refractivity contribution in [3.63, 3.8) is 0 Å². The second kappa shape index (κ2) is 8.93. The van der Waals surface area contributed by atoms with E-state index in [1.54, 1.807) is 43.5 Å². The van der Waals surface area contributed by atoms with Crippen LogP contribution < -0.4 is 14.2 Å². The average Bonchev–Trinajstić information content (AvgIpc) is 3.05. The van der Waals surface area contributed by atoms with Gasteiger partial charge in [0.15, 0.2) is 17.2 Å². The Bertz CT molecular complexity index is 935. The maximum Gasteiger partial charge on any atom is 0.363 e. The molecule has 0 radical (unpaired) electrons. The number of hydrogen-bond acceptors (Lipinski definition) is 6. The molecule has 28 heavy (non-hydrogen) atoms. The lowest BCUT2D eigenvalue weighted by Gasteiger charge is -2.13. The van der Waals surface area contributed by atoms with E-state index >= 15 is 0 Å². The minimum absolute atomic E-state index is 0.212. The van der Waals surface area contributed by atoms with Crippen molar-refractivity contribution in [1.82, 2.24) is 0 Å². The Morgan fingerprint density at radius 3 is 2.46 bits per heavy atom. The topological polar surface area (TPSA) is 66.3 Å². The van der Waals surface area contributed by atoms with Gasteiger partial charge < -0.3 is 18.9 Å². The third-order valence-electron chi connectivity index (χ3n) is 3.88. The van der Waals surface area contributed by atoms with E-state index in [-0.39, 0.29) is 11.6 Å². The molecule has 0 fully saturated rings. The van der Waals surface area contributed by atoms with Crippen molar-refractivity contribution in [3.8, 4) is 17.2 Å². The molecule has 0 aliphatic carbocycles. The summed E-state index contributed by atoms with van der Waals surface area (Å²) in [5, 5.41) is 0. The van der Waals surface area contributed by atoms with Gasteiger partial charge in [0.1, 0.15) is 5.75 Å². The number of carbonyl (C=O) groups is 1. The minimum Gasteiger partial charge on any atom is -0.497 e. The molecule has 0 amide bonds. The summed E-state index contributed by atoms with van der Waals surface area (Å²) in [6, 6.07) is 10.8. The predicted molar refractivity (Wildman–Crippen MR) is 110 cm³/mol. The van der Waals surface area contributed by atoms with Gasteiger partial charge in [0, 0.05) is 5.56 Å². The third kappa shape index (κ3) is 4.36. The Kier molecular flexibility index (Phi) is 6.36. The van der Waals surface area contributed by atoms with E-state index in [1.165, 1.54) is 0 Å². The maximum atomic E-state index is 12.3. The quantitative estimate of drug-likeness (QED) is 0.460. The summed E-state index contributed by atoms with van der Waals surface area (Å²) in [5.41, 5.74) is 1.65. The van der Waals surface area contributed by atoms with Crippen LogP contribution in [0.3, 0.4) is 0 Å². The first-order valence-corrected chi connectivity index (χ1v) is 9.61. The Labute approximate surface area is 171 Å². The summed E-state index contributed by atoms with van der Waals surface area (Å²) in [6.07, 6.45) is 1.65. The molecule has 2 aromatic rings. The van der Waals surface area contributed by atoms with Crippen LogP contribution in [0.4, 0.5) is 0 Å². The van der Waals surface area contributed by atoms with E-state index in [0.717, 1.165) is 10.0 Å². The lowest BCUT2D eigenvalue weighted by Crippen LogP contribution is -2.05. The number of nitrogens with zero attached hydrogens (tertiary/aromatic N) is 1. The molecule has 1 aliphatic rings. The first kappa shape index (κ1) is 19.9. The normalized spacial score (nSPS) is 14.6. The number of methoxy groups -OCH3 is 1. The molecule has 0 unspecified atom stereocenters. The van der Waals surface area contributed by atoms with Gasteiger partial charge in [-0.1, -0.05) is 0 Å². The summed E-state index contributed by atoms with van der Waals surface area (Å²) in [4.78, 5) is 16.6. The number of hydrogen-bond donors (Lipinski definition) is 0. The summed E-state index contributed by atoms with van der Waals surface area (Å²) in [6.45, 7) is 4.81. The van der Waals surface area contributed by atoms with Crippen molar-refractivity contribution in [3.05, 3.63) is 57.7 Å². The van der Waals surface area contributed by atoms with Crippen LogP contribution in [0, 0.1) is 0 Å². The van der Waals surface area contributed by atoms with Gasteiger partial charge >= 0.3 is 5.97 Å². The molecule has 6 nitrogen and oxygen atoms in total. The summed E-state index contributed by atoms with van der Waals surface area (Å²) in [5.74, 6) is 1.69. The van der Waals surface area contributed by atoms with Gasteiger partial charge in [0.25, 0.3) is 0 Å². The Hall–Kier alpha value is -2.80. The Morgan fingerprint density at radius 1 is 1.11 bits per heavy atom. The van der Waals surface area contributed by atoms with Gasteiger partial charge in [-0.05, 0) is 77.8 Å². The average molecular weight is 446 g/mol. The van der Waals surface area contributed by atoms with Crippen LogP contribution in [0.5, 0.6) is 17.2 Å². The molecule has 1 heterocycles. The lowest BCUT2D eigenvalue weighted by molar-refractivity contribution is -0.129. The summed E-state index contributed by atoms with van der Waals surface area (Å²) >= 11 is 3.50. The zero-order chi connectivity index (χ0) is 20.1. The first-order chi connectivity index (χ1) is 13.5. The highest BCUT2D eigenvalue weighted by molar-refractivity contribution is 9.10. The maximum absolute atomic E-state index is 12.3. The highest BCUT2D eigenvalue weighted by Gasteiger charge is 2.24. The zero-order valence-electron chi connectivity index (χ0n) is 15.8. The molecular formula is C21H20BrNO5. The number of rotatable bonds is 7. The predicted octanol–water partition coefficient (Wildman–Crippen LogP) is 4.60. The lowest BCUT2D eigenvalue weighted by atomic mass is 10.1. The van der Waals surface area contributed by atoms with Crippen LogP contribution in [0.2, 0.25) is 0 Å². The van der Waals surface area contributed by atoms with Crippen LogP contribution in [0.25, 0.3) is 6.08 Å². The van der Waals surface area contributed by atoms with E-state index in [1.807, 2.05) is 19.9 Å². The third-order valence-corrected chi connectivity index (χ3v) is 4.47. The van der Waals surface area contributed by atoms with Crippen LogP contribution in [0.15, 0.2) is 51.6 Å². The second-order valence-electron chi connectivity index (χ2n) is 5.76. The fourth-order valence-electron chi connectivity index (χ4n) is 2.64. The minimum atomic E-state index is -0.506. The molecule has 0 atom stereocenters. The summed E-state index contributed by atoms with van der Waals surface area (Å²) < 4.78 is 22.5. The number of halogens is 1. The van der Waals surface area contributed by atoms with Crippen molar-refractivity contribution in [2.45, 2.75) is 13.8 Å². The number of ether oxygens (including phenoxy) is 4. The monoisotopic (exact) mass is 445 g/mol. The van der Waals surface area contributed by atoms with Crippen molar-refractivity contribution in [2.24, 2.45) is 4.99 Å². The van der Waals surface area contributed by atoms with Crippen molar-refractivity contribution in [2.75, 3.05) is 20.3 Å². The molecule has 2 aromatic carbocycles.